The van der Waals surface area contributed by atoms with Gasteiger partial charge in [0.15, 0.2) is 5.17 Å². The van der Waals surface area contributed by atoms with Gasteiger partial charge in [0.1, 0.15) is 5.82 Å². The lowest BCUT2D eigenvalue weighted by molar-refractivity contribution is -0.115. The van der Waals surface area contributed by atoms with Crippen LogP contribution in [0.4, 0.5) is 10.1 Å². The van der Waals surface area contributed by atoms with Crippen LogP contribution >= 0.6 is 35.0 Å². The molecule has 7 heteroatoms. The SMILES string of the molecule is O=C1NC(=Nc2ccc(Cl)cc2Cl)S/C1=C\c1ccc(F)cc1. The summed E-state index contributed by atoms with van der Waals surface area (Å²) in [5, 5.41) is 4.00. The summed E-state index contributed by atoms with van der Waals surface area (Å²) in [4.78, 5) is 16.8. The quantitative estimate of drug-likeness (QED) is 0.757. The number of hydrogen-bond acceptors (Lipinski definition) is 3. The topological polar surface area (TPSA) is 41.5 Å². The molecule has 0 atom stereocenters. The molecule has 0 aromatic heterocycles. The zero-order valence-electron chi connectivity index (χ0n) is 11.5. The van der Waals surface area contributed by atoms with Gasteiger partial charge in [-0.3, -0.25) is 4.79 Å². The Morgan fingerprint density at radius 1 is 1.13 bits per heavy atom. The first kappa shape index (κ1) is 16.1. The first-order chi connectivity index (χ1) is 11.0. The third-order valence-corrected chi connectivity index (χ3v) is 4.40. The molecule has 116 valence electrons. The van der Waals surface area contributed by atoms with Crippen LogP contribution in [0.15, 0.2) is 52.4 Å². The first-order valence-electron chi connectivity index (χ1n) is 6.51. The Labute approximate surface area is 146 Å². The number of amides is 1. The van der Waals surface area contributed by atoms with Gasteiger partial charge in [-0.05, 0) is 53.7 Å². The Kier molecular flexibility index (Phi) is 4.71. The normalized spacial score (nSPS) is 17.8. The summed E-state index contributed by atoms with van der Waals surface area (Å²) in [6.45, 7) is 0. The summed E-state index contributed by atoms with van der Waals surface area (Å²) in [5.74, 6) is -0.585. The maximum atomic E-state index is 12.9. The van der Waals surface area contributed by atoms with Crippen LogP contribution in [-0.2, 0) is 4.79 Å². The fourth-order valence-corrected chi connectivity index (χ4v) is 3.16. The van der Waals surface area contributed by atoms with Gasteiger partial charge >= 0.3 is 0 Å². The third-order valence-electron chi connectivity index (χ3n) is 2.95. The highest BCUT2D eigenvalue weighted by atomic mass is 35.5. The zero-order chi connectivity index (χ0) is 16.4. The van der Waals surface area contributed by atoms with E-state index in [0.717, 1.165) is 5.56 Å². The largest absolute Gasteiger partial charge is 0.300 e. The minimum absolute atomic E-state index is 0.261. The maximum Gasteiger partial charge on any atom is 0.264 e. The van der Waals surface area contributed by atoms with Crippen LogP contribution in [-0.4, -0.2) is 11.1 Å². The Morgan fingerprint density at radius 3 is 2.57 bits per heavy atom. The molecule has 1 aliphatic heterocycles. The number of halogens is 3. The summed E-state index contributed by atoms with van der Waals surface area (Å²) in [5.41, 5.74) is 1.25. The molecule has 1 fully saturated rings. The summed E-state index contributed by atoms with van der Waals surface area (Å²) >= 11 is 13.1. The standard InChI is InChI=1S/C16H9Cl2FN2OS/c17-10-3-6-13(12(18)8-10)20-16-21-15(22)14(23-16)7-9-1-4-11(19)5-2-9/h1-8H,(H,20,21,22)/b14-7-. The van der Waals surface area contributed by atoms with Crippen LogP contribution in [0.1, 0.15) is 5.56 Å². The Hall–Kier alpha value is -1.82. The molecule has 1 amide bonds. The number of carbonyl (C=O) groups is 1. The molecule has 1 aliphatic rings. The lowest BCUT2D eigenvalue weighted by Gasteiger charge is -1.99. The van der Waals surface area contributed by atoms with E-state index in [1.54, 1.807) is 36.4 Å². The van der Waals surface area contributed by atoms with Gasteiger partial charge in [-0.15, -0.1) is 0 Å². The average molecular weight is 367 g/mol. The molecule has 1 heterocycles. The molecule has 0 unspecified atom stereocenters. The van der Waals surface area contributed by atoms with Crippen molar-refractivity contribution in [3.8, 4) is 0 Å². The van der Waals surface area contributed by atoms with Crippen molar-refractivity contribution < 1.29 is 9.18 Å². The minimum Gasteiger partial charge on any atom is -0.300 e. The summed E-state index contributed by atoms with van der Waals surface area (Å²) in [6.07, 6.45) is 1.67. The van der Waals surface area contributed by atoms with Crippen molar-refractivity contribution in [2.45, 2.75) is 0 Å². The van der Waals surface area contributed by atoms with Gasteiger partial charge in [0.25, 0.3) is 5.91 Å². The Balaban J connectivity index is 1.84. The molecule has 0 saturated carbocycles. The molecule has 3 nitrogen and oxygen atoms in total. The van der Waals surface area contributed by atoms with E-state index >= 15 is 0 Å². The number of thioether (sulfide) groups is 1. The second-order valence-electron chi connectivity index (χ2n) is 4.63. The van der Waals surface area contributed by atoms with Crippen molar-refractivity contribution in [3.05, 3.63) is 68.8 Å². The van der Waals surface area contributed by atoms with Gasteiger partial charge in [-0.2, -0.15) is 0 Å². The number of nitrogens with zero attached hydrogens (tertiary/aromatic N) is 1. The summed E-state index contributed by atoms with van der Waals surface area (Å²) < 4.78 is 12.9. The third kappa shape index (κ3) is 3.93. The number of amidine groups is 1. The van der Waals surface area contributed by atoms with Crippen LogP contribution in [0.25, 0.3) is 6.08 Å². The molecule has 0 bridgehead atoms. The van der Waals surface area contributed by atoms with Crippen LogP contribution in [0, 0.1) is 5.82 Å². The van der Waals surface area contributed by atoms with Crippen LogP contribution in [0.3, 0.4) is 0 Å². The second-order valence-corrected chi connectivity index (χ2v) is 6.50. The number of nitrogens with one attached hydrogen (secondary N) is 1. The van der Waals surface area contributed by atoms with E-state index in [2.05, 4.69) is 10.3 Å². The predicted molar refractivity (Wildman–Crippen MR) is 93.7 cm³/mol. The van der Waals surface area contributed by atoms with E-state index in [0.29, 0.717) is 25.8 Å². The zero-order valence-corrected chi connectivity index (χ0v) is 13.8. The highest BCUT2D eigenvalue weighted by Crippen LogP contribution is 2.32. The molecular weight excluding hydrogens is 358 g/mol. The molecule has 0 radical (unpaired) electrons. The Morgan fingerprint density at radius 2 is 1.87 bits per heavy atom. The molecule has 1 saturated heterocycles. The van der Waals surface area contributed by atoms with Crippen LogP contribution < -0.4 is 5.32 Å². The number of carbonyl (C=O) groups excluding carboxylic acids is 1. The highest BCUT2D eigenvalue weighted by Gasteiger charge is 2.24. The number of rotatable bonds is 2. The van der Waals surface area contributed by atoms with E-state index < -0.39 is 0 Å². The van der Waals surface area contributed by atoms with Crippen LogP contribution in [0.5, 0.6) is 0 Å². The number of benzene rings is 2. The van der Waals surface area contributed by atoms with E-state index in [4.69, 9.17) is 23.2 Å². The highest BCUT2D eigenvalue weighted by molar-refractivity contribution is 8.18. The fraction of sp³-hybridized carbons (Fsp3) is 0. The van der Waals surface area contributed by atoms with Gasteiger partial charge in [0.05, 0.1) is 15.6 Å². The van der Waals surface area contributed by atoms with E-state index in [1.807, 2.05) is 0 Å². The minimum atomic E-state index is -0.324. The summed E-state index contributed by atoms with van der Waals surface area (Å²) in [7, 11) is 0. The smallest absolute Gasteiger partial charge is 0.264 e. The monoisotopic (exact) mass is 366 g/mol. The molecule has 3 rings (SSSR count). The van der Waals surface area contributed by atoms with Crippen molar-refractivity contribution in [2.75, 3.05) is 0 Å². The lowest BCUT2D eigenvalue weighted by Crippen LogP contribution is -2.19. The van der Waals surface area contributed by atoms with E-state index in [9.17, 15) is 9.18 Å². The van der Waals surface area contributed by atoms with E-state index in [1.165, 1.54) is 23.9 Å². The van der Waals surface area contributed by atoms with Gasteiger partial charge in [-0.25, -0.2) is 9.38 Å². The van der Waals surface area contributed by atoms with E-state index in [-0.39, 0.29) is 11.7 Å². The number of hydrogen-bond donors (Lipinski definition) is 1. The lowest BCUT2D eigenvalue weighted by atomic mass is 10.2. The molecule has 23 heavy (non-hydrogen) atoms. The van der Waals surface area contributed by atoms with Gasteiger partial charge in [-0.1, -0.05) is 35.3 Å². The van der Waals surface area contributed by atoms with Crippen molar-refractivity contribution in [2.24, 2.45) is 4.99 Å². The number of aliphatic imine (C=N–C) groups is 1. The molecular formula is C16H9Cl2FN2OS. The molecule has 2 aromatic rings. The summed E-state index contributed by atoms with van der Waals surface area (Å²) in [6, 6.07) is 10.8. The van der Waals surface area contributed by atoms with Crippen molar-refractivity contribution in [3.63, 3.8) is 0 Å². The predicted octanol–water partition coefficient (Wildman–Crippen LogP) is 5.02. The fourth-order valence-electron chi connectivity index (χ4n) is 1.87. The van der Waals surface area contributed by atoms with Crippen molar-refractivity contribution in [1.29, 1.82) is 0 Å². The van der Waals surface area contributed by atoms with Crippen LogP contribution in [0.2, 0.25) is 10.0 Å². The second kappa shape index (κ2) is 6.74. The first-order valence-corrected chi connectivity index (χ1v) is 8.09. The Bertz CT molecular complexity index is 834. The molecule has 2 aromatic carbocycles. The molecule has 0 spiro atoms. The average Bonchev–Trinajstić information content (AvgIpc) is 2.84. The van der Waals surface area contributed by atoms with Gasteiger partial charge in [0.2, 0.25) is 0 Å². The van der Waals surface area contributed by atoms with Gasteiger partial charge in [0, 0.05) is 5.02 Å². The van der Waals surface area contributed by atoms with Gasteiger partial charge < -0.3 is 5.32 Å². The van der Waals surface area contributed by atoms with Crippen molar-refractivity contribution >= 4 is 57.8 Å². The molecule has 1 N–H and O–H groups in total. The maximum absolute atomic E-state index is 12.9. The van der Waals surface area contributed by atoms with Crippen molar-refractivity contribution in [1.82, 2.24) is 5.32 Å². The molecule has 0 aliphatic carbocycles.